The molecule has 0 radical (unpaired) electrons. The second kappa shape index (κ2) is 7.24. The number of hydrogen-bond donors (Lipinski definition) is 3. The summed E-state index contributed by atoms with van der Waals surface area (Å²) in [6.07, 6.45) is 1.26. The third kappa shape index (κ3) is 3.35. The number of aromatic hydroxyl groups is 1. The van der Waals surface area contributed by atoms with Gasteiger partial charge in [-0.25, -0.2) is 0 Å². The number of phenolic OH excluding ortho intramolecular Hbond substituents is 1. The Bertz CT molecular complexity index is 1060. The van der Waals surface area contributed by atoms with Crippen LogP contribution in [0.5, 0.6) is 11.5 Å². The summed E-state index contributed by atoms with van der Waals surface area (Å²) in [4.78, 5) is 12.7. The van der Waals surface area contributed by atoms with Crippen LogP contribution in [0.4, 0.5) is 0 Å². The third-order valence-corrected chi connectivity index (χ3v) is 3.71. The van der Waals surface area contributed by atoms with Crippen molar-refractivity contribution in [1.82, 2.24) is 5.43 Å². The Kier molecular flexibility index (Phi) is 4.85. The van der Waals surface area contributed by atoms with Gasteiger partial charge in [-0.3, -0.25) is 10.2 Å². The third-order valence-electron chi connectivity index (χ3n) is 3.62. The first-order valence-corrected chi connectivity index (χ1v) is 7.94. The Labute approximate surface area is 153 Å². The van der Waals surface area contributed by atoms with Crippen LogP contribution >= 0.6 is 12.2 Å². The van der Waals surface area contributed by atoms with Gasteiger partial charge in [-0.2, -0.15) is 5.10 Å². The van der Waals surface area contributed by atoms with Crippen molar-refractivity contribution in [3.63, 3.8) is 0 Å². The number of benzene rings is 2. The molecule has 26 heavy (non-hydrogen) atoms. The number of hydrazone groups is 1. The van der Waals surface area contributed by atoms with Gasteiger partial charge in [0.15, 0.2) is 10.5 Å². The number of nitrogens with two attached hydrogens (primary N) is 1. The van der Waals surface area contributed by atoms with Crippen LogP contribution in [0.2, 0.25) is 0 Å². The van der Waals surface area contributed by atoms with Crippen LogP contribution in [0.3, 0.4) is 0 Å². The number of fused-ring (bicyclic) bond motifs is 1. The van der Waals surface area contributed by atoms with E-state index in [1.807, 2.05) is 30.3 Å². The highest BCUT2D eigenvalue weighted by Gasteiger charge is 2.18. The van der Waals surface area contributed by atoms with Crippen molar-refractivity contribution < 1.29 is 14.3 Å². The Morgan fingerprint density at radius 2 is 2.08 bits per heavy atom. The smallest absolute Gasteiger partial charge is 0.197 e. The van der Waals surface area contributed by atoms with E-state index in [1.165, 1.54) is 25.5 Å². The molecule has 0 unspecified atom stereocenters. The number of nitrogens with one attached hydrogen (secondary N) is 1. The quantitative estimate of drug-likeness (QED) is 0.368. The fourth-order valence-electron chi connectivity index (χ4n) is 2.53. The molecule has 0 spiro atoms. The maximum Gasteiger partial charge on any atom is 0.197 e. The minimum Gasteiger partial charge on any atom is -0.507 e. The number of hydrogen-bond acceptors (Lipinski definition) is 6. The van der Waals surface area contributed by atoms with Crippen molar-refractivity contribution in [2.75, 3.05) is 7.11 Å². The number of methoxy groups -OCH3 is 1. The summed E-state index contributed by atoms with van der Waals surface area (Å²) in [5.41, 5.74) is 8.51. The van der Waals surface area contributed by atoms with Crippen LogP contribution in [0.1, 0.15) is 5.56 Å². The lowest BCUT2D eigenvalue weighted by Crippen LogP contribution is -2.24. The van der Waals surface area contributed by atoms with E-state index in [0.717, 1.165) is 5.56 Å². The highest BCUT2D eigenvalue weighted by molar-refractivity contribution is 7.80. The Morgan fingerprint density at radius 3 is 2.73 bits per heavy atom. The molecule has 132 valence electrons. The first kappa shape index (κ1) is 17.4. The molecule has 1 aromatic heterocycles. The van der Waals surface area contributed by atoms with E-state index in [4.69, 9.17) is 14.9 Å². The van der Waals surface area contributed by atoms with Gasteiger partial charge < -0.3 is 20.0 Å². The van der Waals surface area contributed by atoms with Gasteiger partial charge in [-0.15, -0.1) is 0 Å². The first-order valence-electron chi connectivity index (χ1n) is 7.53. The van der Waals surface area contributed by atoms with Crippen LogP contribution in [-0.4, -0.2) is 23.5 Å². The molecule has 0 aliphatic heterocycles. The van der Waals surface area contributed by atoms with Gasteiger partial charge in [0.25, 0.3) is 0 Å². The predicted octanol–water partition coefficient (Wildman–Crippen LogP) is 2.34. The monoisotopic (exact) mass is 369 g/mol. The molecule has 8 heteroatoms. The van der Waals surface area contributed by atoms with Gasteiger partial charge in [-0.05, 0) is 12.2 Å². The van der Waals surface area contributed by atoms with Crippen LogP contribution in [-0.2, 0) is 0 Å². The SMILES string of the molecule is COc1c(/C=N/NC(N)=S)c(O)cc2oc(-c3ccccc3)cc(=O)c12. The van der Waals surface area contributed by atoms with Crippen molar-refractivity contribution >= 4 is 34.5 Å². The predicted molar refractivity (Wildman–Crippen MR) is 104 cm³/mol. The van der Waals surface area contributed by atoms with E-state index >= 15 is 0 Å². The van der Waals surface area contributed by atoms with Crippen LogP contribution in [0.15, 0.2) is 56.8 Å². The van der Waals surface area contributed by atoms with E-state index < -0.39 is 0 Å². The average Bonchev–Trinajstić information content (AvgIpc) is 2.62. The molecule has 3 rings (SSSR count). The Hall–Kier alpha value is -3.39. The van der Waals surface area contributed by atoms with Crippen LogP contribution in [0.25, 0.3) is 22.3 Å². The normalized spacial score (nSPS) is 11.0. The van der Waals surface area contributed by atoms with Gasteiger partial charge in [0.05, 0.1) is 18.9 Å². The van der Waals surface area contributed by atoms with Crippen molar-refractivity contribution in [3.05, 3.63) is 58.3 Å². The maximum atomic E-state index is 12.7. The van der Waals surface area contributed by atoms with Crippen LogP contribution in [0, 0.1) is 0 Å². The zero-order chi connectivity index (χ0) is 18.7. The second-order valence-corrected chi connectivity index (χ2v) is 5.73. The van der Waals surface area contributed by atoms with Gasteiger partial charge in [-0.1, -0.05) is 30.3 Å². The van der Waals surface area contributed by atoms with E-state index in [1.54, 1.807) is 0 Å². The number of phenols is 1. The maximum absolute atomic E-state index is 12.7. The fourth-order valence-corrected chi connectivity index (χ4v) is 2.58. The van der Waals surface area contributed by atoms with E-state index in [0.29, 0.717) is 5.76 Å². The Morgan fingerprint density at radius 1 is 1.35 bits per heavy atom. The minimum atomic E-state index is -0.307. The Balaban J connectivity index is 2.21. The number of nitrogens with zero attached hydrogens (tertiary/aromatic N) is 1. The van der Waals surface area contributed by atoms with E-state index in [9.17, 15) is 9.90 Å². The van der Waals surface area contributed by atoms with E-state index in [-0.39, 0.29) is 38.6 Å². The number of thiocarbonyl (C=S) groups is 1. The zero-order valence-corrected chi connectivity index (χ0v) is 14.5. The topological polar surface area (TPSA) is 110 Å². The molecule has 0 bridgehead atoms. The van der Waals surface area contributed by atoms with Crippen LogP contribution < -0.4 is 21.3 Å². The molecule has 0 atom stereocenters. The standard InChI is InChI=1S/C18H15N3O4S/c1-24-17-11(9-20-21-18(19)26)12(22)7-15-16(17)13(23)8-14(25-15)10-5-3-2-4-6-10/h2-9,22H,1H3,(H3,19,21,26)/b20-9+. The molecule has 3 aromatic rings. The summed E-state index contributed by atoms with van der Waals surface area (Å²) >= 11 is 4.66. The van der Waals surface area contributed by atoms with Crippen molar-refractivity contribution in [2.45, 2.75) is 0 Å². The molecule has 4 N–H and O–H groups in total. The van der Waals surface area contributed by atoms with Gasteiger partial charge >= 0.3 is 0 Å². The summed E-state index contributed by atoms with van der Waals surface area (Å²) in [6, 6.07) is 11.9. The van der Waals surface area contributed by atoms with Crippen molar-refractivity contribution in [3.8, 4) is 22.8 Å². The molecule has 7 nitrogen and oxygen atoms in total. The molecule has 0 saturated heterocycles. The van der Waals surface area contributed by atoms with Crippen molar-refractivity contribution in [1.29, 1.82) is 0 Å². The molecular weight excluding hydrogens is 354 g/mol. The lowest BCUT2D eigenvalue weighted by atomic mass is 10.1. The molecule has 0 amide bonds. The van der Waals surface area contributed by atoms with E-state index in [2.05, 4.69) is 22.7 Å². The van der Waals surface area contributed by atoms with Gasteiger partial charge in [0.1, 0.15) is 28.2 Å². The summed E-state index contributed by atoms with van der Waals surface area (Å²) < 4.78 is 11.1. The lowest BCUT2D eigenvalue weighted by molar-refractivity contribution is 0.410. The fraction of sp³-hybridized carbons (Fsp3) is 0.0556. The van der Waals surface area contributed by atoms with Gasteiger partial charge in [0, 0.05) is 17.7 Å². The molecule has 0 aliphatic rings. The molecule has 0 aliphatic carbocycles. The summed E-state index contributed by atoms with van der Waals surface area (Å²) in [5, 5.41) is 14.3. The highest BCUT2D eigenvalue weighted by atomic mass is 32.1. The first-order chi connectivity index (χ1) is 12.5. The molecular formula is C18H15N3O4S. The van der Waals surface area contributed by atoms with Gasteiger partial charge in [0.2, 0.25) is 0 Å². The summed E-state index contributed by atoms with van der Waals surface area (Å²) in [7, 11) is 1.39. The highest BCUT2D eigenvalue weighted by Crippen LogP contribution is 2.35. The molecule has 1 heterocycles. The molecule has 0 fully saturated rings. The zero-order valence-electron chi connectivity index (χ0n) is 13.7. The van der Waals surface area contributed by atoms with Crippen molar-refractivity contribution in [2.24, 2.45) is 10.8 Å². The summed E-state index contributed by atoms with van der Waals surface area (Å²) in [5.74, 6) is 0.360. The molecule has 0 saturated carbocycles. The second-order valence-electron chi connectivity index (χ2n) is 5.29. The number of rotatable bonds is 4. The molecule has 2 aromatic carbocycles. The lowest BCUT2D eigenvalue weighted by Gasteiger charge is -2.11. The summed E-state index contributed by atoms with van der Waals surface area (Å²) in [6.45, 7) is 0. The largest absolute Gasteiger partial charge is 0.507 e. The number of ether oxygens (including phenoxy) is 1. The average molecular weight is 369 g/mol. The minimum absolute atomic E-state index is 0.0347.